The molecule has 3 aromatic carbocycles. The summed E-state index contributed by atoms with van der Waals surface area (Å²) in [5.41, 5.74) is 6.96. The Kier molecular flexibility index (Phi) is 2.19. The van der Waals surface area contributed by atoms with Crippen molar-refractivity contribution in [2.75, 3.05) is 0 Å². The van der Waals surface area contributed by atoms with E-state index >= 15 is 0 Å². The molecule has 0 spiro atoms. The standard InChI is InChI=1S/C19H15/c1-13-6-9-18-16(10-13)7-8-17-11-14-4-2-3-5-15(14)12-19(17)18/h2-11H,12H2,1H3/q+1. The highest BCUT2D eigenvalue weighted by molar-refractivity contribution is 5.89. The lowest BCUT2D eigenvalue weighted by Gasteiger charge is -2.15. The van der Waals surface area contributed by atoms with Gasteiger partial charge in [0.1, 0.15) is 0 Å². The van der Waals surface area contributed by atoms with Crippen LogP contribution in [0.15, 0.2) is 54.6 Å². The zero-order valence-electron chi connectivity index (χ0n) is 11.0. The lowest BCUT2D eigenvalue weighted by atomic mass is 9.83. The summed E-state index contributed by atoms with van der Waals surface area (Å²) < 4.78 is 0. The molecule has 0 aromatic heterocycles. The van der Waals surface area contributed by atoms with E-state index in [9.17, 15) is 0 Å². The Bertz CT molecular complexity index is 781. The molecule has 0 saturated heterocycles. The molecule has 0 bridgehead atoms. The summed E-state index contributed by atoms with van der Waals surface area (Å²) in [6.45, 7) is 2.15. The first-order valence-electron chi connectivity index (χ1n) is 6.76. The minimum absolute atomic E-state index is 1.04. The third-order valence-electron chi connectivity index (χ3n) is 4.06. The summed E-state index contributed by atoms with van der Waals surface area (Å²) in [5.74, 6) is 0. The van der Waals surface area contributed by atoms with Gasteiger partial charge in [-0.25, -0.2) is 0 Å². The fraction of sp³-hybridized carbons (Fsp3) is 0.105. The molecule has 0 saturated carbocycles. The Morgan fingerprint density at radius 3 is 2.74 bits per heavy atom. The number of aryl methyl sites for hydroxylation is 1. The van der Waals surface area contributed by atoms with Crippen LogP contribution in [0.5, 0.6) is 0 Å². The molecule has 4 rings (SSSR count). The fourth-order valence-corrected chi connectivity index (χ4v) is 3.06. The first-order chi connectivity index (χ1) is 9.31. The molecule has 90 valence electrons. The van der Waals surface area contributed by atoms with E-state index in [4.69, 9.17) is 0 Å². The van der Waals surface area contributed by atoms with Crippen molar-refractivity contribution in [2.24, 2.45) is 0 Å². The second-order valence-corrected chi connectivity index (χ2v) is 5.38. The Hall–Kier alpha value is -2.21. The number of rotatable bonds is 0. The molecule has 0 unspecified atom stereocenters. The average molecular weight is 243 g/mol. The monoisotopic (exact) mass is 243 g/mol. The summed E-state index contributed by atoms with van der Waals surface area (Å²) >= 11 is 0. The summed E-state index contributed by atoms with van der Waals surface area (Å²) in [5, 5.41) is 2.75. The fourth-order valence-electron chi connectivity index (χ4n) is 3.06. The van der Waals surface area contributed by atoms with Crippen LogP contribution in [0.1, 0.15) is 27.8 Å². The molecule has 0 N–H and O–H groups in total. The van der Waals surface area contributed by atoms with Gasteiger partial charge >= 0.3 is 0 Å². The Labute approximate surface area is 113 Å². The molecule has 3 aromatic rings. The van der Waals surface area contributed by atoms with Crippen molar-refractivity contribution in [3.8, 4) is 0 Å². The molecule has 0 atom stereocenters. The molecule has 0 radical (unpaired) electrons. The van der Waals surface area contributed by atoms with Crippen molar-refractivity contribution < 1.29 is 0 Å². The number of hydrogen-bond acceptors (Lipinski definition) is 0. The highest BCUT2D eigenvalue weighted by atomic mass is 14.2. The maximum atomic E-state index is 2.31. The highest BCUT2D eigenvalue weighted by Crippen LogP contribution is 2.33. The molecule has 1 aliphatic carbocycles. The van der Waals surface area contributed by atoms with Gasteiger partial charge in [-0.3, -0.25) is 0 Å². The number of fused-ring (bicyclic) bond motifs is 4. The third-order valence-corrected chi connectivity index (χ3v) is 4.06. The minimum atomic E-state index is 1.04. The van der Waals surface area contributed by atoms with Crippen LogP contribution in [0.2, 0.25) is 0 Å². The normalized spacial score (nSPS) is 12.7. The van der Waals surface area contributed by atoms with Crippen LogP contribution >= 0.6 is 0 Å². The van der Waals surface area contributed by atoms with Gasteiger partial charge in [0.25, 0.3) is 0 Å². The maximum Gasteiger partial charge on any atom is 0.0773 e. The third kappa shape index (κ3) is 1.64. The molecule has 0 heterocycles. The van der Waals surface area contributed by atoms with Gasteiger partial charge in [-0.2, -0.15) is 0 Å². The van der Waals surface area contributed by atoms with E-state index in [0.717, 1.165) is 6.42 Å². The zero-order chi connectivity index (χ0) is 12.8. The van der Waals surface area contributed by atoms with Crippen LogP contribution in [0.4, 0.5) is 0 Å². The second kappa shape index (κ2) is 3.89. The highest BCUT2D eigenvalue weighted by Gasteiger charge is 2.23. The van der Waals surface area contributed by atoms with E-state index in [0.29, 0.717) is 0 Å². The second-order valence-electron chi connectivity index (χ2n) is 5.38. The quantitative estimate of drug-likeness (QED) is 0.394. The van der Waals surface area contributed by atoms with Crippen LogP contribution < -0.4 is 0 Å². The zero-order valence-corrected chi connectivity index (χ0v) is 11.0. The summed E-state index contributed by atoms with van der Waals surface area (Å²) in [7, 11) is 0. The van der Waals surface area contributed by atoms with Gasteiger partial charge in [0.05, 0.1) is 17.5 Å². The number of hydrogen-bond donors (Lipinski definition) is 0. The molecule has 0 amide bonds. The van der Waals surface area contributed by atoms with Gasteiger partial charge in [0.2, 0.25) is 0 Å². The molecule has 19 heavy (non-hydrogen) atoms. The van der Waals surface area contributed by atoms with Crippen LogP contribution in [-0.4, -0.2) is 0 Å². The van der Waals surface area contributed by atoms with Gasteiger partial charge < -0.3 is 0 Å². The van der Waals surface area contributed by atoms with Crippen molar-refractivity contribution in [1.82, 2.24) is 0 Å². The van der Waals surface area contributed by atoms with Crippen LogP contribution in [0, 0.1) is 13.3 Å². The van der Waals surface area contributed by atoms with Crippen LogP contribution in [0.25, 0.3) is 10.8 Å². The first-order valence-corrected chi connectivity index (χ1v) is 6.76. The van der Waals surface area contributed by atoms with E-state index < -0.39 is 0 Å². The van der Waals surface area contributed by atoms with E-state index in [2.05, 4.69) is 67.9 Å². The van der Waals surface area contributed by atoms with E-state index in [1.807, 2.05) is 0 Å². The molecule has 0 nitrogen and oxygen atoms in total. The number of benzene rings is 3. The smallest absolute Gasteiger partial charge is 0.0580 e. The molecule has 0 heteroatoms. The SMILES string of the molecule is Cc1ccc2c3c(ccc2c1)[CH+]c1ccccc1C3. The van der Waals surface area contributed by atoms with Gasteiger partial charge in [0.15, 0.2) is 0 Å². The molecular weight excluding hydrogens is 228 g/mol. The minimum Gasteiger partial charge on any atom is -0.0580 e. The maximum absolute atomic E-state index is 2.31. The summed E-state index contributed by atoms with van der Waals surface area (Å²) in [6, 6.07) is 19.9. The van der Waals surface area contributed by atoms with Gasteiger partial charge in [-0.1, -0.05) is 17.7 Å². The predicted octanol–water partition coefficient (Wildman–Crippen LogP) is 4.65. The van der Waals surface area contributed by atoms with Crippen LogP contribution in [0.3, 0.4) is 0 Å². The molecule has 0 fully saturated rings. The first kappa shape index (κ1) is 10.7. The predicted molar refractivity (Wildman–Crippen MR) is 80.4 cm³/mol. The average Bonchev–Trinajstić information content (AvgIpc) is 2.44. The largest absolute Gasteiger partial charge is 0.0773 e. The van der Waals surface area contributed by atoms with E-state index in [1.54, 1.807) is 0 Å². The van der Waals surface area contributed by atoms with Gasteiger partial charge in [-0.15, -0.1) is 0 Å². The van der Waals surface area contributed by atoms with Crippen molar-refractivity contribution in [1.29, 1.82) is 0 Å². The van der Waals surface area contributed by atoms with Crippen molar-refractivity contribution in [3.63, 3.8) is 0 Å². The topological polar surface area (TPSA) is 0 Å². The molecular formula is C19H15+. The summed E-state index contributed by atoms with van der Waals surface area (Å²) in [6.07, 6.45) is 3.36. The van der Waals surface area contributed by atoms with E-state index in [1.165, 1.54) is 38.6 Å². The Morgan fingerprint density at radius 2 is 1.79 bits per heavy atom. The van der Waals surface area contributed by atoms with Gasteiger partial charge in [0, 0.05) is 35.1 Å². The Morgan fingerprint density at radius 1 is 0.895 bits per heavy atom. The van der Waals surface area contributed by atoms with Crippen molar-refractivity contribution >= 4 is 10.8 Å². The molecule has 1 aliphatic rings. The van der Waals surface area contributed by atoms with Crippen LogP contribution in [-0.2, 0) is 6.42 Å². The molecule has 0 aliphatic heterocycles. The van der Waals surface area contributed by atoms with Gasteiger partial charge in [-0.05, 0) is 42.6 Å². The lowest BCUT2D eigenvalue weighted by molar-refractivity contribution is 1.12. The van der Waals surface area contributed by atoms with Crippen molar-refractivity contribution in [2.45, 2.75) is 13.3 Å². The lowest BCUT2D eigenvalue weighted by Crippen LogP contribution is -2.06. The van der Waals surface area contributed by atoms with E-state index in [-0.39, 0.29) is 0 Å². The Balaban J connectivity index is 1.96. The summed E-state index contributed by atoms with van der Waals surface area (Å²) in [4.78, 5) is 0. The van der Waals surface area contributed by atoms with Crippen molar-refractivity contribution in [3.05, 3.63) is 88.8 Å².